The van der Waals surface area contributed by atoms with Crippen molar-refractivity contribution in [2.24, 2.45) is 7.05 Å². The number of nitrogens with zero attached hydrogens (tertiary/aromatic N) is 5. The maximum atomic E-state index is 13.4. The van der Waals surface area contributed by atoms with E-state index in [1.807, 2.05) is 50.5 Å². The number of ether oxygens (including phenoxy) is 2. The second-order valence-electron chi connectivity index (χ2n) is 8.18. The Kier molecular flexibility index (Phi) is 5.92. The lowest BCUT2D eigenvalue weighted by atomic mass is 10.0. The molecule has 0 bridgehead atoms. The molecule has 0 aliphatic heterocycles. The lowest BCUT2D eigenvalue weighted by Crippen LogP contribution is -2.21. The Labute approximate surface area is 202 Å². The molecule has 0 amide bonds. The lowest BCUT2D eigenvalue weighted by molar-refractivity contribution is 0.143. The van der Waals surface area contributed by atoms with E-state index in [2.05, 4.69) is 26.3 Å². The molecule has 4 aromatic heterocycles. The zero-order valence-corrected chi connectivity index (χ0v) is 20.1. The quantitative estimate of drug-likeness (QED) is 0.362. The van der Waals surface area contributed by atoms with Crippen molar-refractivity contribution in [3.8, 4) is 22.7 Å². The normalized spacial score (nSPS) is 11.3. The first kappa shape index (κ1) is 22.5. The van der Waals surface area contributed by atoms with Gasteiger partial charge in [-0.2, -0.15) is 0 Å². The highest BCUT2D eigenvalue weighted by molar-refractivity contribution is 6.04. The number of imidazole rings is 1. The number of anilines is 1. The largest absolute Gasteiger partial charge is 0.475 e. The van der Waals surface area contributed by atoms with Crippen LogP contribution >= 0.6 is 0 Å². The van der Waals surface area contributed by atoms with Crippen molar-refractivity contribution in [3.63, 3.8) is 0 Å². The topological polar surface area (TPSA) is 96.1 Å². The number of methoxy groups -OCH3 is 1. The number of aromatic nitrogens is 5. The first-order valence-corrected chi connectivity index (χ1v) is 11.3. The molecule has 35 heavy (non-hydrogen) atoms. The van der Waals surface area contributed by atoms with Crippen LogP contribution in [-0.2, 0) is 11.8 Å². The van der Waals surface area contributed by atoms with Crippen LogP contribution in [0.5, 0.6) is 5.88 Å². The smallest absolute Gasteiger partial charge is 0.333 e. The first-order chi connectivity index (χ1) is 17.0. The van der Waals surface area contributed by atoms with Crippen molar-refractivity contribution in [2.75, 3.05) is 32.7 Å². The van der Waals surface area contributed by atoms with Crippen molar-refractivity contribution in [1.29, 1.82) is 0 Å². The van der Waals surface area contributed by atoms with Crippen LogP contribution in [0.3, 0.4) is 0 Å². The number of fused-ring (bicyclic) bond motifs is 3. The Morgan fingerprint density at radius 2 is 1.83 bits per heavy atom. The van der Waals surface area contributed by atoms with Crippen LogP contribution in [0.4, 0.5) is 5.82 Å². The molecule has 0 fully saturated rings. The summed E-state index contributed by atoms with van der Waals surface area (Å²) in [4.78, 5) is 27.0. The van der Waals surface area contributed by atoms with E-state index in [4.69, 9.17) is 9.47 Å². The monoisotopic (exact) mass is 470 g/mol. The van der Waals surface area contributed by atoms with Gasteiger partial charge < -0.3 is 14.8 Å². The lowest BCUT2D eigenvalue weighted by Gasteiger charge is -2.11. The average Bonchev–Trinajstić information content (AvgIpc) is 3.14. The molecule has 0 saturated carbocycles. The van der Waals surface area contributed by atoms with Gasteiger partial charge in [-0.1, -0.05) is 6.07 Å². The number of pyridine rings is 3. The molecule has 1 N–H and O–H groups in total. The maximum Gasteiger partial charge on any atom is 0.333 e. The zero-order chi connectivity index (χ0) is 24.5. The fourth-order valence-corrected chi connectivity index (χ4v) is 4.19. The van der Waals surface area contributed by atoms with Crippen molar-refractivity contribution in [2.45, 2.75) is 6.92 Å². The zero-order valence-electron chi connectivity index (χ0n) is 20.1. The molecule has 9 heteroatoms. The standard InChI is InChI=1S/C26H26N6O3/c1-16-21(8-10-24(30-16)35-12-11-34-4)32-25-19-13-17(18-6-9-23(27-2)29-14-18)5-7-20(19)28-15-22(25)31(3)26(32)33/h5-10,13-15H,11-12H2,1-4H3,(H,27,29). The summed E-state index contributed by atoms with van der Waals surface area (Å²) in [6.45, 7) is 2.74. The van der Waals surface area contributed by atoms with Gasteiger partial charge in [0.25, 0.3) is 0 Å². The highest BCUT2D eigenvalue weighted by atomic mass is 16.5. The summed E-state index contributed by atoms with van der Waals surface area (Å²) in [5.41, 5.74) is 5.48. The molecule has 0 unspecified atom stereocenters. The minimum atomic E-state index is -0.169. The third-order valence-corrected chi connectivity index (χ3v) is 6.05. The van der Waals surface area contributed by atoms with Crippen LogP contribution in [-0.4, -0.2) is 51.5 Å². The third kappa shape index (κ3) is 4.00. The van der Waals surface area contributed by atoms with Crippen molar-refractivity contribution >= 4 is 27.8 Å². The molecule has 5 rings (SSSR count). The summed E-state index contributed by atoms with van der Waals surface area (Å²) in [5, 5.41) is 3.90. The van der Waals surface area contributed by atoms with Gasteiger partial charge in [0.2, 0.25) is 5.88 Å². The Balaban J connectivity index is 1.70. The van der Waals surface area contributed by atoms with Gasteiger partial charge in [-0.05, 0) is 42.8 Å². The number of hydrogen-bond acceptors (Lipinski definition) is 7. The summed E-state index contributed by atoms with van der Waals surface area (Å²) in [7, 11) is 5.21. The summed E-state index contributed by atoms with van der Waals surface area (Å²) in [6, 6.07) is 13.6. The van der Waals surface area contributed by atoms with Crippen LogP contribution in [0.25, 0.3) is 38.8 Å². The number of hydrogen-bond donors (Lipinski definition) is 1. The molecule has 9 nitrogen and oxygen atoms in total. The fraction of sp³-hybridized carbons (Fsp3) is 0.231. The van der Waals surface area contributed by atoms with E-state index >= 15 is 0 Å². The molecule has 0 atom stereocenters. The molecule has 0 aliphatic carbocycles. The molecule has 0 saturated heterocycles. The summed E-state index contributed by atoms with van der Waals surface area (Å²) < 4.78 is 14.0. The first-order valence-electron chi connectivity index (χ1n) is 11.3. The van der Waals surface area contributed by atoms with Crippen LogP contribution in [0, 0.1) is 6.92 Å². The van der Waals surface area contributed by atoms with E-state index in [9.17, 15) is 4.79 Å². The molecule has 178 valence electrons. The molecule has 4 heterocycles. The Morgan fingerprint density at radius 1 is 1.00 bits per heavy atom. The molecule has 0 radical (unpaired) electrons. The van der Waals surface area contributed by atoms with Gasteiger partial charge in [-0.15, -0.1) is 0 Å². The maximum absolute atomic E-state index is 13.4. The van der Waals surface area contributed by atoms with E-state index in [-0.39, 0.29) is 5.69 Å². The van der Waals surface area contributed by atoms with Gasteiger partial charge in [-0.25, -0.2) is 14.8 Å². The van der Waals surface area contributed by atoms with Crippen LogP contribution in [0.15, 0.2) is 59.7 Å². The van der Waals surface area contributed by atoms with E-state index in [1.165, 1.54) is 0 Å². The third-order valence-electron chi connectivity index (χ3n) is 6.05. The number of benzene rings is 1. The summed E-state index contributed by atoms with van der Waals surface area (Å²) in [6.07, 6.45) is 3.57. The fourth-order valence-electron chi connectivity index (χ4n) is 4.19. The molecule has 5 aromatic rings. The predicted molar refractivity (Wildman–Crippen MR) is 136 cm³/mol. The molecular weight excluding hydrogens is 444 g/mol. The second kappa shape index (κ2) is 9.19. The highest BCUT2D eigenvalue weighted by Crippen LogP contribution is 2.30. The van der Waals surface area contributed by atoms with Crippen LogP contribution in [0.1, 0.15) is 5.69 Å². The van der Waals surface area contributed by atoms with Crippen LogP contribution in [0.2, 0.25) is 0 Å². The molecule has 0 aliphatic rings. The SMILES string of the molecule is CNc1ccc(-c2ccc3ncc4c(c3c2)n(-c2ccc(OCCOC)nc2C)c(=O)n4C)cn1. The average molecular weight is 471 g/mol. The number of rotatable bonds is 7. The van der Waals surface area contributed by atoms with Gasteiger partial charge in [0.05, 0.1) is 40.7 Å². The van der Waals surface area contributed by atoms with Crippen molar-refractivity contribution in [1.82, 2.24) is 24.1 Å². The molecular formula is C26H26N6O3. The number of aryl methyl sites for hydroxylation is 2. The van der Waals surface area contributed by atoms with Crippen LogP contribution < -0.4 is 15.7 Å². The van der Waals surface area contributed by atoms with E-state index in [0.717, 1.165) is 38.9 Å². The number of nitrogens with one attached hydrogen (secondary N) is 1. The predicted octanol–water partition coefficient (Wildman–Crippen LogP) is 3.71. The van der Waals surface area contributed by atoms with E-state index in [0.29, 0.717) is 30.5 Å². The minimum absolute atomic E-state index is 0.169. The Hall–Kier alpha value is -4.24. The van der Waals surface area contributed by atoms with E-state index in [1.54, 1.807) is 35.6 Å². The second-order valence-corrected chi connectivity index (χ2v) is 8.18. The van der Waals surface area contributed by atoms with Gasteiger partial charge in [-0.3, -0.25) is 14.1 Å². The summed E-state index contributed by atoms with van der Waals surface area (Å²) in [5.74, 6) is 1.29. The van der Waals surface area contributed by atoms with Crippen molar-refractivity contribution < 1.29 is 9.47 Å². The molecule has 0 spiro atoms. The van der Waals surface area contributed by atoms with Gasteiger partial charge in [0, 0.05) is 44.4 Å². The highest BCUT2D eigenvalue weighted by Gasteiger charge is 2.18. The minimum Gasteiger partial charge on any atom is -0.475 e. The van der Waals surface area contributed by atoms with Gasteiger partial charge in [0.15, 0.2) is 0 Å². The molecule has 1 aromatic carbocycles. The van der Waals surface area contributed by atoms with Crippen molar-refractivity contribution in [3.05, 3.63) is 71.0 Å². The van der Waals surface area contributed by atoms with E-state index < -0.39 is 0 Å². The Bertz CT molecular complexity index is 1590. The Morgan fingerprint density at radius 3 is 2.54 bits per heavy atom. The summed E-state index contributed by atoms with van der Waals surface area (Å²) >= 11 is 0. The van der Waals surface area contributed by atoms with Gasteiger partial charge in [0.1, 0.15) is 12.4 Å². The van der Waals surface area contributed by atoms with Gasteiger partial charge >= 0.3 is 5.69 Å².